The maximum atomic E-state index is 13.4. The highest BCUT2D eigenvalue weighted by atomic mass is 35.5. The van der Waals surface area contributed by atoms with Gasteiger partial charge in [-0.2, -0.15) is 0 Å². The van der Waals surface area contributed by atoms with Crippen molar-refractivity contribution >= 4 is 23.5 Å². The molecule has 2 aliphatic heterocycles. The predicted octanol–water partition coefficient (Wildman–Crippen LogP) is 5.64. The topological polar surface area (TPSA) is 66.5 Å². The van der Waals surface area contributed by atoms with Crippen molar-refractivity contribution in [3.8, 4) is 28.7 Å². The summed E-state index contributed by atoms with van der Waals surface area (Å²) in [6.45, 7) is 3.59. The summed E-state index contributed by atoms with van der Waals surface area (Å²) in [5.74, 6) is 2.72. The maximum Gasteiger partial charge on any atom is 0.232 e. The van der Waals surface area contributed by atoms with Gasteiger partial charge in [-0.15, -0.1) is 0 Å². The van der Waals surface area contributed by atoms with Crippen LogP contribution in [-0.4, -0.2) is 38.7 Å². The molecular weight excluding hydrogens is 482 g/mol. The molecule has 0 spiro atoms. The second-order valence-corrected chi connectivity index (χ2v) is 9.06. The van der Waals surface area contributed by atoms with Gasteiger partial charge in [-0.25, -0.2) is 0 Å². The Morgan fingerprint density at radius 2 is 1.78 bits per heavy atom. The van der Waals surface area contributed by atoms with Crippen LogP contribution in [0.3, 0.4) is 0 Å². The lowest BCUT2D eigenvalue weighted by Gasteiger charge is -2.30. The molecule has 3 aromatic carbocycles. The Hall–Kier alpha value is -3.68. The number of aryl methyl sites for hydroxylation is 1. The van der Waals surface area contributed by atoms with Crippen molar-refractivity contribution in [2.45, 2.75) is 20.0 Å². The summed E-state index contributed by atoms with van der Waals surface area (Å²) < 4.78 is 28.7. The average Bonchev–Trinajstić information content (AvgIpc) is 3.22. The van der Waals surface area contributed by atoms with E-state index in [0.717, 1.165) is 22.4 Å². The summed E-state index contributed by atoms with van der Waals surface area (Å²) in [4.78, 5) is 15.6. The molecule has 3 aromatic rings. The van der Waals surface area contributed by atoms with E-state index in [-0.39, 0.29) is 11.5 Å². The zero-order valence-corrected chi connectivity index (χ0v) is 21.3. The largest absolute Gasteiger partial charge is 0.493 e. The molecular formula is C28H26ClNO6. The van der Waals surface area contributed by atoms with Crippen LogP contribution >= 0.6 is 11.6 Å². The molecule has 0 N–H and O–H groups in total. The molecule has 0 amide bonds. The highest BCUT2D eigenvalue weighted by Gasteiger charge is 2.35. The van der Waals surface area contributed by atoms with Crippen LogP contribution in [0.4, 0.5) is 0 Å². The molecule has 8 heteroatoms. The quantitative estimate of drug-likeness (QED) is 0.400. The number of fused-ring (bicyclic) bond motifs is 3. The smallest absolute Gasteiger partial charge is 0.232 e. The van der Waals surface area contributed by atoms with E-state index >= 15 is 0 Å². The molecule has 0 fully saturated rings. The Bertz CT molecular complexity index is 1370. The van der Waals surface area contributed by atoms with E-state index in [1.807, 2.05) is 37.3 Å². The molecule has 2 aliphatic rings. The van der Waals surface area contributed by atoms with E-state index in [2.05, 4.69) is 4.90 Å². The SMILES string of the molecule is COc1ccc(/C=C2\Oc3c4c(cc(C)c3C2=O)OCN(Cc2ccc(Cl)cc2)C4)c(OC)c1OC. The molecule has 186 valence electrons. The number of ketones is 1. The summed E-state index contributed by atoms with van der Waals surface area (Å²) in [5, 5.41) is 0.699. The van der Waals surface area contributed by atoms with Crippen molar-refractivity contribution in [3.05, 3.63) is 81.1 Å². The Morgan fingerprint density at radius 1 is 1.03 bits per heavy atom. The molecule has 36 heavy (non-hydrogen) atoms. The standard InChI is InChI=1S/C28H26ClNO6/c1-16-11-22-20(14-30(15-35-22)13-17-5-8-19(29)9-6-17)27-24(16)25(31)23(36-27)12-18-7-10-21(32-2)28(34-4)26(18)33-3/h5-12H,13-15H2,1-4H3/b23-12-. The van der Waals surface area contributed by atoms with Gasteiger partial charge in [0.2, 0.25) is 11.5 Å². The number of hydrogen-bond acceptors (Lipinski definition) is 7. The zero-order chi connectivity index (χ0) is 25.4. The first-order valence-electron chi connectivity index (χ1n) is 11.4. The Labute approximate surface area is 214 Å². The number of ether oxygens (including phenoxy) is 5. The summed E-state index contributed by atoms with van der Waals surface area (Å²) in [6, 6.07) is 13.2. The third-order valence-electron chi connectivity index (χ3n) is 6.33. The first-order chi connectivity index (χ1) is 17.4. The van der Waals surface area contributed by atoms with Crippen molar-refractivity contribution < 1.29 is 28.5 Å². The van der Waals surface area contributed by atoms with Gasteiger partial charge in [0, 0.05) is 23.7 Å². The van der Waals surface area contributed by atoms with Gasteiger partial charge in [-0.3, -0.25) is 9.69 Å². The van der Waals surface area contributed by atoms with Crippen LogP contribution in [0.5, 0.6) is 28.7 Å². The third kappa shape index (κ3) is 4.25. The number of carbonyl (C=O) groups is 1. The summed E-state index contributed by atoms with van der Waals surface area (Å²) in [6.07, 6.45) is 1.67. The van der Waals surface area contributed by atoms with Crippen LogP contribution in [0.2, 0.25) is 5.02 Å². The molecule has 0 aromatic heterocycles. The van der Waals surface area contributed by atoms with Gasteiger partial charge in [-0.1, -0.05) is 23.7 Å². The fourth-order valence-electron chi connectivity index (χ4n) is 4.60. The highest BCUT2D eigenvalue weighted by molar-refractivity contribution is 6.30. The fourth-order valence-corrected chi connectivity index (χ4v) is 4.73. The fraction of sp³-hybridized carbons (Fsp3) is 0.250. The lowest BCUT2D eigenvalue weighted by molar-refractivity contribution is 0.0872. The van der Waals surface area contributed by atoms with Gasteiger partial charge in [0.05, 0.1) is 32.5 Å². The number of Topliss-reactive ketones (excluding diaryl/α,β-unsaturated/α-hetero) is 1. The van der Waals surface area contributed by atoms with E-state index < -0.39 is 0 Å². The van der Waals surface area contributed by atoms with Crippen molar-refractivity contribution in [1.29, 1.82) is 0 Å². The van der Waals surface area contributed by atoms with Crippen LogP contribution in [0.15, 0.2) is 48.2 Å². The first kappa shape index (κ1) is 24.0. The van der Waals surface area contributed by atoms with Crippen molar-refractivity contribution in [3.63, 3.8) is 0 Å². The number of nitrogens with zero attached hydrogens (tertiary/aromatic N) is 1. The van der Waals surface area contributed by atoms with E-state index in [0.29, 0.717) is 59.0 Å². The van der Waals surface area contributed by atoms with Crippen LogP contribution in [0.1, 0.15) is 32.6 Å². The predicted molar refractivity (Wildman–Crippen MR) is 136 cm³/mol. The van der Waals surface area contributed by atoms with Crippen molar-refractivity contribution in [2.24, 2.45) is 0 Å². The minimum Gasteiger partial charge on any atom is -0.493 e. The first-order valence-corrected chi connectivity index (χ1v) is 11.8. The summed E-state index contributed by atoms with van der Waals surface area (Å²) in [5.41, 5.74) is 3.97. The lowest BCUT2D eigenvalue weighted by atomic mass is 9.98. The van der Waals surface area contributed by atoms with Gasteiger partial charge < -0.3 is 23.7 Å². The Kier molecular flexibility index (Phi) is 6.51. The Morgan fingerprint density at radius 3 is 2.47 bits per heavy atom. The molecule has 0 atom stereocenters. The molecule has 0 unspecified atom stereocenters. The van der Waals surface area contributed by atoms with Crippen LogP contribution in [0, 0.1) is 6.92 Å². The average molecular weight is 508 g/mol. The molecule has 7 nitrogen and oxygen atoms in total. The van der Waals surface area contributed by atoms with Crippen molar-refractivity contribution in [2.75, 3.05) is 28.1 Å². The molecule has 2 heterocycles. The monoisotopic (exact) mass is 507 g/mol. The molecule has 0 saturated carbocycles. The molecule has 0 aliphatic carbocycles. The van der Waals surface area contributed by atoms with E-state index in [9.17, 15) is 4.79 Å². The zero-order valence-electron chi connectivity index (χ0n) is 20.5. The minimum absolute atomic E-state index is 0.183. The van der Waals surface area contributed by atoms with Crippen molar-refractivity contribution in [1.82, 2.24) is 4.90 Å². The number of allylic oxidation sites excluding steroid dienone is 1. The van der Waals surface area contributed by atoms with Gasteiger partial charge in [0.1, 0.15) is 18.2 Å². The molecule has 5 rings (SSSR count). The highest BCUT2D eigenvalue weighted by Crippen LogP contribution is 2.46. The number of methoxy groups -OCH3 is 3. The van der Waals surface area contributed by atoms with E-state index in [1.165, 1.54) is 7.11 Å². The maximum absolute atomic E-state index is 13.4. The van der Waals surface area contributed by atoms with Crippen LogP contribution in [0.25, 0.3) is 6.08 Å². The van der Waals surface area contributed by atoms with Crippen LogP contribution < -0.4 is 23.7 Å². The number of halogens is 1. The second-order valence-electron chi connectivity index (χ2n) is 8.62. The Balaban J connectivity index is 1.48. The van der Waals surface area contributed by atoms with Gasteiger partial charge in [0.15, 0.2) is 17.3 Å². The van der Waals surface area contributed by atoms with Crippen LogP contribution in [-0.2, 0) is 13.1 Å². The number of benzene rings is 3. The molecule has 0 radical (unpaired) electrons. The minimum atomic E-state index is -0.183. The number of hydrogen-bond donors (Lipinski definition) is 0. The molecule has 0 saturated heterocycles. The molecule has 0 bridgehead atoms. The van der Waals surface area contributed by atoms with E-state index in [1.54, 1.807) is 32.4 Å². The van der Waals surface area contributed by atoms with Gasteiger partial charge in [0.25, 0.3) is 0 Å². The van der Waals surface area contributed by atoms with E-state index in [4.69, 9.17) is 35.3 Å². The van der Waals surface area contributed by atoms with Gasteiger partial charge >= 0.3 is 0 Å². The third-order valence-corrected chi connectivity index (χ3v) is 6.58. The number of rotatable bonds is 6. The summed E-state index contributed by atoms with van der Waals surface area (Å²) in [7, 11) is 4.63. The second kappa shape index (κ2) is 9.76. The normalized spacial score (nSPS) is 15.7. The lowest BCUT2D eigenvalue weighted by Crippen LogP contribution is -2.31. The number of carbonyl (C=O) groups excluding carboxylic acids is 1. The summed E-state index contributed by atoms with van der Waals surface area (Å²) >= 11 is 6.02. The van der Waals surface area contributed by atoms with Gasteiger partial charge in [-0.05, 0) is 54.5 Å².